The number of methoxy groups -OCH3 is 2. The lowest BCUT2D eigenvalue weighted by Gasteiger charge is -2.37. The van der Waals surface area contributed by atoms with Crippen LogP contribution >= 0.6 is 0 Å². The van der Waals surface area contributed by atoms with Crippen LogP contribution in [0.25, 0.3) is 0 Å². The Morgan fingerprint density at radius 1 is 0.658 bits per heavy atom. The van der Waals surface area contributed by atoms with Crippen LogP contribution in [0.5, 0.6) is 0 Å². The second-order valence-electron chi connectivity index (χ2n) is 11.9. The fraction of sp³-hybridized carbons (Fsp3) is 0.438. The van der Waals surface area contributed by atoms with E-state index in [1.807, 2.05) is 76.2 Å². The van der Waals surface area contributed by atoms with Gasteiger partial charge in [-0.05, 0) is 40.5 Å². The molecule has 198 valence electrons. The monoisotopic (exact) mass is 514 g/mol. The highest BCUT2D eigenvalue weighted by Crippen LogP contribution is 2.56. The highest BCUT2D eigenvalue weighted by atomic mass is 16.7. The van der Waals surface area contributed by atoms with Gasteiger partial charge in [-0.3, -0.25) is 9.59 Å². The van der Waals surface area contributed by atoms with E-state index in [9.17, 15) is 9.59 Å². The lowest BCUT2D eigenvalue weighted by molar-refractivity contribution is -0.225. The van der Waals surface area contributed by atoms with Gasteiger partial charge in [0.15, 0.2) is 11.6 Å². The second-order valence-corrected chi connectivity index (χ2v) is 11.9. The number of hydrogen-bond acceptors (Lipinski definition) is 6. The summed E-state index contributed by atoms with van der Waals surface area (Å²) in [5.74, 6) is -2.28. The van der Waals surface area contributed by atoms with Crippen molar-refractivity contribution in [1.82, 2.24) is 0 Å². The molecule has 2 aromatic rings. The molecule has 6 nitrogen and oxygen atoms in total. The van der Waals surface area contributed by atoms with E-state index in [2.05, 4.69) is 0 Å². The number of ketones is 2. The number of fused-ring (bicyclic) bond motifs is 6. The van der Waals surface area contributed by atoms with E-state index in [0.717, 1.165) is 22.3 Å². The summed E-state index contributed by atoms with van der Waals surface area (Å²) in [4.78, 5) is 27.8. The van der Waals surface area contributed by atoms with Gasteiger partial charge in [0.1, 0.15) is 0 Å². The van der Waals surface area contributed by atoms with Crippen LogP contribution in [0.4, 0.5) is 0 Å². The molecule has 2 unspecified atom stereocenters. The first-order valence-electron chi connectivity index (χ1n) is 13.2. The Morgan fingerprint density at radius 3 is 1.39 bits per heavy atom. The first-order valence-corrected chi connectivity index (χ1v) is 13.2. The zero-order valence-electron chi connectivity index (χ0n) is 22.9. The van der Waals surface area contributed by atoms with E-state index in [4.69, 9.17) is 18.9 Å². The molecular formula is C32H34O6. The van der Waals surface area contributed by atoms with E-state index in [0.29, 0.717) is 48.0 Å². The van der Waals surface area contributed by atoms with Gasteiger partial charge in [-0.15, -0.1) is 0 Å². The van der Waals surface area contributed by atoms with Crippen LogP contribution in [0.15, 0.2) is 70.8 Å². The standard InChI is InChI=1S/C32H34O6/c1-29(2)17-25-21(27(33)19-11-7-9-13-23(19)31(25,35-5)37-29)15-16-22-26-18-30(3,4)38-32(26,36-6)24-14-10-8-12-20(24)28(22)34/h7-14H,15-18H2,1-6H3. The number of carbonyl (C=O) groups excluding carboxylic acids is 2. The second kappa shape index (κ2) is 8.30. The average molecular weight is 515 g/mol. The Hall–Kier alpha value is -2.90. The summed E-state index contributed by atoms with van der Waals surface area (Å²) in [6.45, 7) is 8.06. The van der Waals surface area contributed by atoms with Crippen molar-refractivity contribution >= 4 is 11.6 Å². The molecule has 4 aliphatic rings. The summed E-state index contributed by atoms with van der Waals surface area (Å²) in [5, 5.41) is 0. The lowest BCUT2D eigenvalue weighted by atomic mass is 9.75. The molecule has 6 rings (SSSR count). The van der Waals surface area contributed by atoms with Crippen LogP contribution in [0.2, 0.25) is 0 Å². The summed E-state index contributed by atoms with van der Waals surface area (Å²) in [6.07, 6.45) is 1.91. The molecule has 2 atom stereocenters. The molecule has 38 heavy (non-hydrogen) atoms. The molecule has 2 saturated heterocycles. The predicted molar refractivity (Wildman–Crippen MR) is 142 cm³/mol. The zero-order chi connectivity index (χ0) is 27.1. The third kappa shape index (κ3) is 3.40. The molecule has 0 N–H and O–H groups in total. The Balaban J connectivity index is 1.48. The number of carbonyl (C=O) groups is 2. The minimum Gasteiger partial charge on any atom is -0.346 e. The van der Waals surface area contributed by atoms with Crippen molar-refractivity contribution in [1.29, 1.82) is 0 Å². The van der Waals surface area contributed by atoms with Gasteiger partial charge in [-0.1, -0.05) is 48.5 Å². The fourth-order valence-corrected chi connectivity index (χ4v) is 6.97. The van der Waals surface area contributed by atoms with Crippen molar-refractivity contribution in [3.8, 4) is 0 Å². The van der Waals surface area contributed by atoms with Crippen molar-refractivity contribution in [2.24, 2.45) is 0 Å². The smallest absolute Gasteiger partial charge is 0.219 e. The highest BCUT2D eigenvalue weighted by molar-refractivity contribution is 6.14. The number of allylic oxidation sites excluding steroid dienone is 2. The van der Waals surface area contributed by atoms with Gasteiger partial charge in [0.05, 0.1) is 11.2 Å². The summed E-state index contributed by atoms with van der Waals surface area (Å²) >= 11 is 0. The van der Waals surface area contributed by atoms with Gasteiger partial charge in [-0.2, -0.15) is 0 Å². The molecule has 2 aromatic carbocycles. The van der Waals surface area contributed by atoms with Gasteiger partial charge in [-0.25, -0.2) is 0 Å². The molecule has 2 heterocycles. The summed E-state index contributed by atoms with van der Waals surface area (Å²) in [6, 6.07) is 15.0. The maximum Gasteiger partial charge on any atom is 0.219 e. The van der Waals surface area contributed by atoms with Gasteiger partial charge >= 0.3 is 0 Å². The van der Waals surface area contributed by atoms with E-state index in [1.54, 1.807) is 14.2 Å². The normalized spacial score (nSPS) is 28.8. The number of ether oxygens (including phenoxy) is 4. The molecule has 2 fully saturated rings. The minimum atomic E-state index is -1.11. The molecule has 0 amide bonds. The third-order valence-corrected chi connectivity index (χ3v) is 8.37. The van der Waals surface area contributed by atoms with Crippen molar-refractivity contribution in [3.05, 3.63) is 93.1 Å². The van der Waals surface area contributed by atoms with E-state index in [-0.39, 0.29) is 11.6 Å². The average Bonchev–Trinajstić information content (AvgIpc) is 3.35. The van der Waals surface area contributed by atoms with E-state index in [1.165, 1.54) is 0 Å². The molecule has 0 spiro atoms. The third-order valence-electron chi connectivity index (χ3n) is 8.37. The Labute approximate surface area is 223 Å². The molecule has 0 saturated carbocycles. The van der Waals surface area contributed by atoms with Gasteiger partial charge < -0.3 is 18.9 Å². The van der Waals surface area contributed by atoms with Gasteiger partial charge in [0.2, 0.25) is 11.6 Å². The van der Waals surface area contributed by atoms with Crippen LogP contribution in [-0.2, 0) is 30.5 Å². The topological polar surface area (TPSA) is 71.1 Å². The van der Waals surface area contributed by atoms with Crippen LogP contribution in [0, 0.1) is 0 Å². The molecule has 2 aliphatic carbocycles. The van der Waals surface area contributed by atoms with Crippen LogP contribution in [-0.4, -0.2) is 37.0 Å². The maximum absolute atomic E-state index is 13.9. The number of benzene rings is 2. The first-order chi connectivity index (χ1) is 18.0. The molecule has 0 bridgehead atoms. The van der Waals surface area contributed by atoms with Gasteiger partial charge in [0, 0.05) is 71.6 Å². The lowest BCUT2D eigenvalue weighted by Crippen LogP contribution is -2.38. The van der Waals surface area contributed by atoms with Crippen LogP contribution in [0.3, 0.4) is 0 Å². The Kier molecular flexibility index (Phi) is 5.54. The fourth-order valence-electron chi connectivity index (χ4n) is 6.97. The van der Waals surface area contributed by atoms with Crippen LogP contribution in [0.1, 0.15) is 85.2 Å². The quantitative estimate of drug-likeness (QED) is 0.477. The molecule has 0 radical (unpaired) electrons. The molecule has 6 heteroatoms. The van der Waals surface area contributed by atoms with E-state index < -0.39 is 22.8 Å². The zero-order valence-corrected chi connectivity index (χ0v) is 22.9. The molecular weight excluding hydrogens is 480 g/mol. The maximum atomic E-state index is 13.9. The SMILES string of the molecule is COC12OC(C)(C)CC1=C(CCC1=C3CC(C)(C)OC3(OC)c3ccccc3C1=O)C(=O)c1ccccc12. The highest BCUT2D eigenvalue weighted by Gasteiger charge is 2.57. The number of Topliss-reactive ketones (excluding diaryl/α,β-unsaturated/α-hetero) is 2. The van der Waals surface area contributed by atoms with Crippen molar-refractivity contribution in [3.63, 3.8) is 0 Å². The van der Waals surface area contributed by atoms with E-state index >= 15 is 0 Å². The van der Waals surface area contributed by atoms with Crippen molar-refractivity contribution in [2.45, 2.75) is 76.2 Å². The van der Waals surface area contributed by atoms with Gasteiger partial charge in [0.25, 0.3) is 0 Å². The summed E-state index contributed by atoms with van der Waals surface area (Å²) in [5.41, 5.74) is 4.66. The van der Waals surface area contributed by atoms with Crippen molar-refractivity contribution in [2.75, 3.05) is 14.2 Å². The summed E-state index contributed by atoms with van der Waals surface area (Å²) in [7, 11) is 3.26. The molecule has 2 aliphatic heterocycles. The molecule has 0 aromatic heterocycles. The minimum absolute atomic E-state index is 0.0279. The predicted octanol–water partition coefficient (Wildman–Crippen LogP) is 6.15. The number of hydrogen-bond donors (Lipinski definition) is 0. The number of rotatable bonds is 5. The summed E-state index contributed by atoms with van der Waals surface area (Å²) < 4.78 is 25.2. The first kappa shape index (κ1) is 25.4. The Bertz CT molecular complexity index is 1330. The Morgan fingerprint density at radius 2 is 1.03 bits per heavy atom. The van der Waals surface area contributed by atoms with Crippen molar-refractivity contribution < 1.29 is 28.5 Å². The largest absolute Gasteiger partial charge is 0.346 e. The van der Waals surface area contributed by atoms with Crippen LogP contribution < -0.4 is 0 Å².